The molecule has 4 rings (SSSR count). The van der Waals surface area contributed by atoms with Crippen LogP contribution in [0, 0.1) is 0 Å². The second kappa shape index (κ2) is 5.70. The first-order valence-electron chi connectivity index (χ1n) is 7.64. The van der Waals surface area contributed by atoms with E-state index in [9.17, 15) is 5.11 Å². The molecule has 5 heteroatoms. The molecule has 4 aromatic rings. The summed E-state index contributed by atoms with van der Waals surface area (Å²) in [5, 5.41) is 14.9. The lowest BCUT2D eigenvalue weighted by Gasteiger charge is -2.07. The van der Waals surface area contributed by atoms with Gasteiger partial charge in [0.15, 0.2) is 11.5 Å². The SMILES string of the molecule is CNc1ccc2cccc(Oc3ccc4cccc(O)c4[nH+]3)c2n1. The number of pyridine rings is 2. The first-order chi connectivity index (χ1) is 11.7. The van der Waals surface area contributed by atoms with Crippen molar-refractivity contribution in [2.24, 2.45) is 0 Å². The number of aromatic amines is 1. The molecule has 0 saturated carbocycles. The Labute approximate surface area is 138 Å². The Bertz CT molecular complexity index is 1050. The van der Waals surface area contributed by atoms with Gasteiger partial charge in [0.05, 0.1) is 11.5 Å². The zero-order chi connectivity index (χ0) is 16.5. The second-order valence-corrected chi connectivity index (χ2v) is 5.44. The number of fused-ring (bicyclic) bond motifs is 2. The van der Waals surface area contributed by atoms with Gasteiger partial charge in [-0.3, -0.25) is 0 Å². The molecule has 0 aliphatic rings. The van der Waals surface area contributed by atoms with Gasteiger partial charge in [0.25, 0.3) is 5.52 Å². The van der Waals surface area contributed by atoms with E-state index in [1.54, 1.807) is 12.1 Å². The molecule has 2 heterocycles. The number of hydrogen-bond donors (Lipinski definition) is 2. The number of anilines is 1. The lowest BCUT2D eigenvalue weighted by molar-refractivity contribution is -0.359. The molecule has 0 unspecified atom stereocenters. The minimum absolute atomic E-state index is 0.187. The number of rotatable bonds is 3. The van der Waals surface area contributed by atoms with Crippen LogP contribution in [-0.2, 0) is 0 Å². The fourth-order valence-electron chi connectivity index (χ4n) is 2.68. The maximum atomic E-state index is 9.99. The molecule has 0 amide bonds. The molecule has 24 heavy (non-hydrogen) atoms. The zero-order valence-corrected chi connectivity index (χ0v) is 13.1. The second-order valence-electron chi connectivity index (χ2n) is 5.44. The molecule has 2 aromatic heterocycles. The van der Waals surface area contributed by atoms with Crippen LogP contribution in [0.3, 0.4) is 0 Å². The number of nitrogens with zero attached hydrogens (tertiary/aromatic N) is 1. The van der Waals surface area contributed by atoms with E-state index in [1.165, 1.54) is 0 Å². The number of benzene rings is 2. The van der Waals surface area contributed by atoms with Gasteiger partial charge in [-0.2, -0.15) is 4.98 Å². The Morgan fingerprint density at radius 1 is 0.958 bits per heavy atom. The number of para-hydroxylation sites is 2. The third-order valence-corrected chi connectivity index (χ3v) is 3.90. The largest absolute Gasteiger partial charge is 0.502 e. The summed E-state index contributed by atoms with van der Waals surface area (Å²) < 4.78 is 6.00. The summed E-state index contributed by atoms with van der Waals surface area (Å²) in [7, 11) is 1.83. The van der Waals surface area contributed by atoms with Crippen LogP contribution in [0.25, 0.3) is 21.8 Å². The van der Waals surface area contributed by atoms with Crippen LogP contribution in [0.1, 0.15) is 0 Å². The highest BCUT2D eigenvalue weighted by atomic mass is 16.5. The van der Waals surface area contributed by atoms with Crippen molar-refractivity contribution in [1.29, 1.82) is 0 Å². The Morgan fingerprint density at radius 3 is 2.62 bits per heavy atom. The number of phenols is 1. The summed E-state index contributed by atoms with van der Waals surface area (Å²) in [6, 6.07) is 18.8. The highest BCUT2D eigenvalue weighted by Crippen LogP contribution is 2.29. The quantitative estimate of drug-likeness (QED) is 0.604. The molecule has 0 radical (unpaired) electrons. The van der Waals surface area contributed by atoms with Crippen LogP contribution in [0.4, 0.5) is 5.82 Å². The molecule has 0 atom stereocenters. The third-order valence-electron chi connectivity index (χ3n) is 3.90. The van der Waals surface area contributed by atoms with E-state index in [-0.39, 0.29) is 5.75 Å². The van der Waals surface area contributed by atoms with Gasteiger partial charge >= 0.3 is 5.88 Å². The molecule has 0 aliphatic heterocycles. The number of hydrogen-bond acceptors (Lipinski definition) is 4. The Hall–Kier alpha value is -3.34. The lowest BCUT2D eigenvalue weighted by Crippen LogP contribution is -2.08. The maximum absolute atomic E-state index is 9.99. The fraction of sp³-hybridized carbons (Fsp3) is 0.0526. The molecule has 0 bridgehead atoms. The van der Waals surface area contributed by atoms with Crippen LogP contribution >= 0.6 is 0 Å². The Morgan fingerprint density at radius 2 is 1.75 bits per heavy atom. The van der Waals surface area contributed by atoms with E-state index in [2.05, 4.69) is 15.3 Å². The van der Waals surface area contributed by atoms with E-state index < -0.39 is 0 Å². The third kappa shape index (κ3) is 2.46. The summed E-state index contributed by atoms with van der Waals surface area (Å²) in [5.41, 5.74) is 1.41. The molecule has 3 N–H and O–H groups in total. The van der Waals surface area contributed by atoms with Gasteiger partial charge in [-0.05, 0) is 36.4 Å². The first kappa shape index (κ1) is 14.3. The van der Waals surface area contributed by atoms with Crippen LogP contribution in [0.5, 0.6) is 17.4 Å². The topological polar surface area (TPSA) is 68.5 Å². The van der Waals surface area contributed by atoms with Crippen molar-refractivity contribution in [2.75, 3.05) is 12.4 Å². The predicted molar refractivity (Wildman–Crippen MR) is 93.5 cm³/mol. The van der Waals surface area contributed by atoms with Crippen molar-refractivity contribution >= 4 is 27.6 Å². The number of phenolic OH excluding ortho intramolecular Hbond substituents is 1. The molecule has 0 saturated heterocycles. The van der Waals surface area contributed by atoms with E-state index in [0.29, 0.717) is 17.1 Å². The fourth-order valence-corrected chi connectivity index (χ4v) is 2.68. The molecule has 0 fully saturated rings. The van der Waals surface area contributed by atoms with Gasteiger partial charge in [0.1, 0.15) is 11.3 Å². The molecule has 5 nitrogen and oxygen atoms in total. The van der Waals surface area contributed by atoms with Crippen molar-refractivity contribution in [3.05, 3.63) is 60.7 Å². The summed E-state index contributed by atoms with van der Waals surface area (Å²) >= 11 is 0. The minimum atomic E-state index is 0.187. The average molecular weight is 318 g/mol. The summed E-state index contributed by atoms with van der Waals surface area (Å²) in [6.45, 7) is 0. The van der Waals surface area contributed by atoms with Gasteiger partial charge in [-0.1, -0.05) is 18.2 Å². The van der Waals surface area contributed by atoms with Crippen LogP contribution in [0.15, 0.2) is 60.7 Å². The first-order valence-corrected chi connectivity index (χ1v) is 7.64. The standard InChI is InChI=1S/C19H15N3O2/c1-20-16-10-8-13-5-3-7-15(19(13)21-16)24-17-11-9-12-4-2-6-14(23)18(12)22-17/h2-11,23H,1H3,(H,20,21)/p+1. The van der Waals surface area contributed by atoms with Crippen molar-refractivity contribution < 1.29 is 14.8 Å². The molecule has 2 aromatic carbocycles. The molecule has 118 valence electrons. The number of aromatic nitrogens is 2. The predicted octanol–water partition coefficient (Wildman–Crippen LogP) is 3.74. The lowest BCUT2D eigenvalue weighted by atomic mass is 10.2. The minimum Gasteiger partial charge on any atom is -0.502 e. The maximum Gasteiger partial charge on any atom is 0.372 e. The van der Waals surface area contributed by atoms with Crippen molar-refractivity contribution in [3.8, 4) is 17.4 Å². The molecule has 0 spiro atoms. The number of nitrogens with one attached hydrogen (secondary N) is 2. The summed E-state index contributed by atoms with van der Waals surface area (Å²) in [6.07, 6.45) is 0. The molecule has 0 aliphatic carbocycles. The average Bonchev–Trinajstić information content (AvgIpc) is 2.62. The van der Waals surface area contributed by atoms with Gasteiger partial charge in [-0.15, -0.1) is 0 Å². The Balaban J connectivity index is 1.80. The van der Waals surface area contributed by atoms with Gasteiger partial charge in [0.2, 0.25) is 0 Å². The zero-order valence-electron chi connectivity index (χ0n) is 13.1. The Kier molecular flexibility index (Phi) is 3.39. The number of ether oxygens (including phenoxy) is 1. The van der Waals surface area contributed by atoms with E-state index >= 15 is 0 Å². The van der Waals surface area contributed by atoms with Crippen LogP contribution in [-0.4, -0.2) is 17.1 Å². The van der Waals surface area contributed by atoms with Crippen molar-refractivity contribution in [3.63, 3.8) is 0 Å². The van der Waals surface area contributed by atoms with Crippen molar-refractivity contribution in [2.45, 2.75) is 0 Å². The van der Waals surface area contributed by atoms with Gasteiger partial charge < -0.3 is 15.2 Å². The van der Waals surface area contributed by atoms with Crippen molar-refractivity contribution in [1.82, 2.24) is 4.98 Å². The number of H-pyrrole nitrogens is 1. The highest BCUT2D eigenvalue weighted by molar-refractivity contribution is 5.86. The smallest absolute Gasteiger partial charge is 0.372 e. The van der Waals surface area contributed by atoms with Crippen LogP contribution in [0.2, 0.25) is 0 Å². The highest BCUT2D eigenvalue weighted by Gasteiger charge is 2.13. The molecular weight excluding hydrogens is 302 g/mol. The molecular formula is C19H16N3O2+. The van der Waals surface area contributed by atoms with Gasteiger partial charge in [0, 0.05) is 12.4 Å². The van der Waals surface area contributed by atoms with Gasteiger partial charge in [-0.25, -0.2) is 4.98 Å². The van der Waals surface area contributed by atoms with E-state index in [1.807, 2.05) is 55.6 Å². The summed E-state index contributed by atoms with van der Waals surface area (Å²) in [5.74, 6) is 2.15. The van der Waals surface area contributed by atoms with E-state index in [4.69, 9.17) is 4.74 Å². The number of aromatic hydroxyl groups is 1. The van der Waals surface area contributed by atoms with Crippen LogP contribution < -0.4 is 15.0 Å². The summed E-state index contributed by atoms with van der Waals surface area (Å²) in [4.78, 5) is 7.69. The monoisotopic (exact) mass is 318 g/mol. The van der Waals surface area contributed by atoms with E-state index in [0.717, 1.165) is 22.1 Å². The normalized spacial score (nSPS) is 10.9.